The van der Waals surface area contributed by atoms with Gasteiger partial charge in [-0.25, -0.2) is 4.98 Å². The third-order valence-electron chi connectivity index (χ3n) is 2.84. The Morgan fingerprint density at radius 3 is 2.87 bits per heavy atom. The van der Waals surface area contributed by atoms with Gasteiger partial charge in [-0.15, -0.1) is 0 Å². The maximum absolute atomic E-state index is 9.61. The number of halogens is 1. The second-order valence-electron chi connectivity index (χ2n) is 4.23. The highest BCUT2D eigenvalue weighted by Gasteiger charge is 2.27. The number of aromatic nitrogens is 1. The smallest absolute Gasteiger partial charge is 0.129 e. The zero-order valence-corrected chi connectivity index (χ0v) is 9.48. The fourth-order valence-electron chi connectivity index (χ4n) is 1.94. The summed E-state index contributed by atoms with van der Waals surface area (Å²) in [5.74, 6) is 0.366. The van der Waals surface area contributed by atoms with Crippen LogP contribution in [0.1, 0.15) is 12.5 Å². The van der Waals surface area contributed by atoms with Crippen LogP contribution in [0, 0.1) is 5.92 Å². The predicted octanol–water partition coefficient (Wildman–Crippen LogP) is 1.55. The van der Waals surface area contributed by atoms with Gasteiger partial charge in [0.25, 0.3) is 0 Å². The molecule has 3 nitrogen and oxygen atoms in total. The van der Waals surface area contributed by atoms with E-state index in [0.717, 1.165) is 25.2 Å². The normalized spacial score (nSPS) is 27.1. The van der Waals surface area contributed by atoms with Crippen molar-refractivity contribution in [1.82, 2.24) is 9.88 Å². The summed E-state index contributed by atoms with van der Waals surface area (Å²) in [6.45, 7) is 4.62. The van der Waals surface area contributed by atoms with Crippen molar-refractivity contribution >= 4 is 11.6 Å². The number of hydrogen-bond acceptors (Lipinski definition) is 3. The lowest BCUT2D eigenvalue weighted by Crippen LogP contribution is -2.21. The van der Waals surface area contributed by atoms with Gasteiger partial charge in [0.05, 0.1) is 6.10 Å². The molecule has 1 fully saturated rings. The molecule has 1 N–H and O–H groups in total. The molecule has 2 heterocycles. The van der Waals surface area contributed by atoms with E-state index in [2.05, 4.69) is 16.8 Å². The Kier molecular flexibility index (Phi) is 3.24. The number of β-amino-alcohol motifs (C(OH)–C–C–N with tert-alkyl or cyclic N) is 1. The van der Waals surface area contributed by atoms with Crippen molar-refractivity contribution in [2.75, 3.05) is 13.1 Å². The number of rotatable bonds is 2. The summed E-state index contributed by atoms with van der Waals surface area (Å²) in [5, 5.41) is 10.1. The van der Waals surface area contributed by atoms with Crippen LogP contribution in [0.25, 0.3) is 0 Å². The van der Waals surface area contributed by atoms with Crippen molar-refractivity contribution < 1.29 is 5.11 Å². The van der Waals surface area contributed by atoms with Crippen LogP contribution in [0.4, 0.5) is 0 Å². The molecule has 1 aromatic heterocycles. The fraction of sp³-hybridized carbons (Fsp3) is 0.545. The molecule has 1 aliphatic rings. The van der Waals surface area contributed by atoms with E-state index in [1.807, 2.05) is 6.07 Å². The van der Waals surface area contributed by atoms with E-state index >= 15 is 0 Å². The molecule has 2 unspecified atom stereocenters. The summed E-state index contributed by atoms with van der Waals surface area (Å²) in [4.78, 5) is 6.27. The van der Waals surface area contributed by atoms with E-state index in [-0.39, 0.29) is 6.10 Å². The topological polar surface area (TPSA) is 36.4 Å². The predicted molar refractivity (Wildman–Crippen MR) is 59.7 cm³/mol. The van der Waals surface area contributed by atoms with Gasteiger partial charge < -0.3 is 5.11 Å². The van der Waals surface area contributed by atoms with E-state index in [1.165, 1.54) is 0 Å². The van der Waals surface area contributed by atoms with Crippen molar-refractivity contribution in [3.8, 4) is 0 Å². The van der Waals surface area contributed by atoms with Crippen LogP contribution in [0.5, 0.6) is 0 Å². The van der Waals surface area contributed by atoms with Gasteiger partial charge in [0, 0.05) is 25.8 Å². The lowest BCUT2D eigenvalue weighted by Gasteiger charge is -2.14. The fourth-order valence-corrected chi connectivity index (χ4v) is 2.05. The monoisotopic (exact) mass is 226 g/mol. The molecule has 0 spiro atoms. The van der Waals surface area contributed by atoms with Gasteiger partial charge in [-0.05, 0) is 17.5 Å². The van der Waals surface area contributed by atoms with Crippen LogP contribution >= 0.6 is 11.6 Å². The third kappa shape index (κ3) is 2.68. The Morgan fingerprint density at radius 1 is 1.53 bits per heavy atom. The number of pyridine rings is 1. The van der Waals surface area contributed by atoms with Crippen molar-refractivity contribution in [1.29, 1.82) is 0 Å². The molecule has 82 valence electrons. The molecule has 0 aliphatic carbocycles. The third-order valence-corrected chi connectivity index (χ3v) is 3.07. The van der Waals surface area contributed by atoms with Crippen molar-refractivity contribution in [2.24, 2.45) is 5.92 Å². The van der Waals surface area contributed by atoms with Crippen molar-refractivity contribution in [2.45, 2.75) is 19.6 Å². The first kappa shape index (κ1) is 10.9. The molecule has 0 bridgehead atoms. The minimum Gasteiger partial charge on any atom is -0.391 e. The van der Waals surface area contributed by atoms with Gasteiger partial charge in [0.2, 0.25) is 0 Å². The Labute approximate surface area is 94.7 Å². The number of aliphatic hydroxyl groups excluding tert-OH is 1. The first-order chi connectivity index (χ1) is 7.15. The van der Waals surface area contributed by atoms with E-state index in [4.69, 9.17) is 11.6 Å². The molecule has 1 saturated heterocycles. The minimum absolute atomic E-state index is 0.190. The van der Waals surface area contributed by atoms with Gasteiger partial charge in [-0.1, -0.05) is 24.6 Å². The Morgan fingerprint density at radius 2 is 2.33 bits per heavy atom. The van der Waals surface area contributed by atoms with E-state index in [0.29, 0.717) is 11.1 Å². The van der Waals surface area contributed by atoms with Crippen molar-refractivity contribution in [3.63, 3.8) is 0 Å². The zero-order chi connectivity index (χ0) is 10.8. The van der Waals surface area contributed by atoms with Crippen LogP contribution in [0.3, 0.4) is 0 Å². The van der Waals surface area contributed by atoms with Crippen LogP contribution in [-0.2, 0) is 6.54 Å². The van der Waals surface area contributed by atoms with Gasteiger partial charge in [-0.2, -0.15) is 0 Å². The Hall–Kier alpha value is -0.640. The molecule has 1 aromatic rings. The van der Waals surface area contributed by atoms with Gasteiger partial charge in [-0.3, -0.25) is 4.90 Å². The molecule has 2 atom stereocenters. The first-order valence-electron chi connectivity index (χ1n) is 5.16. The molecule has 15 heavy (non-hydrogen) atoms. The van der Waals surface area contributed by atoms with Gasteiger partial charge >= 0.3 is 0 Å². The number of hydrogen-bond donors (Lipinski definition) is 1. The van der Waals surface area contributed by atoms with Gasteiger partial charge in [0.15, 0.2) is 0 Å². The molecule has 4 heteroatoms. The first-order valence-corrected chi connectivity index (χ1v) is 5.54. The highest BCUT2D eigenvalue weighted by atomic mass is 35.5. The summed E-state index contributed by atoms with van der Waals surface area (Å²) in [7, 11) is 0. The van der Waals surface area contributed by atoms with Crippen LogP contribution in [0.15, 0.2) is 18.3 Å². The molecule has 0 aromatic carbocycles. The van der Waals surface area contributed by atoms with Crippen LogP contribution in [0.2, 0.25) is 5.15 Å². The highest BCUT2D eigenvalue weighted by molar-refractivity contribution is 6.29. The number of nitrogens with zero attached hydrogens (tertiary/aromatic N) is 2. The number of aliphatic hydroxyl groups is 1. The SMILES string of the molecule is CC1CN(Cc2ccc(Cl)nc2)CC1O. The Balaban J connectivity index is 1.95. The molecule has 0 saturated carbocycles. The van der Waals surface area contributed by atoms with Crippen LogP contribution in [-0.4, -0.2) is 34.2 Å². The molecular weight excluding hydrogens is 212 g/mol. The maximum atomic E-state index is 9.61. The highest BCUT2D eigenvalue weighted by Crippen LogP contribution is 2.18. The zero-order valence-electron chi connectivity index (χ0n) is 8.73. The standard InChI is InChI=1S/C11H15ClN2O/c1-8-5-14(7-10(8)15)6-9-2-3-11(12)13-4-9/h2-4,8,10,15H,5-7H2,1H3. The summed E-state index contributed by atoms with van der Waals surface area (Å²) in [5.41, 5.74) is 1.14. The average molecular weight is 227 g/mol. The summed E-state index contributed by atoms with van der Waals surface area (Å²) < 4.78 is 0. The van der Waals surface area contributed by atoms with E-state index in [1.54, 1.807) is 12.3 Å². The molecule has 0 radical (unpaired) electrons. The lowest BCUT2D eigenvalue weighted by molar-refractivity contribution is 0.147. The summed E-state index contributed by atoms with van der Waals surface area (Å²) in [6, 6.07) is 3.78. The average Bonchev–Trinajstić information content (AvgIpc) is 2.50. The largest absolute Gasteiger partial charge is 0.391 e. The van der Waals surface area contributed by atoms with Crippen LogP contribution < -0.4 is 0 Å². The molecular formula is C11H15ClN2O. The van der Waals surface area contributed by atoms with Crippen molar-refractivity contribution in [3.05, 3.63) is 29.0 Å². The summed E-state index contributed by atoms with van der Waals surface area (Å²) >= 11 is 5.71. The van der Waals surface area contributed by atoms with Gasteiger partial charge in [0.1, 0.15) is 5.15 Å². The Bertz CT molecular complexity index is 318. The van der Waals surface area contributed by atoms with E-state index < -0.39 is 0 Å². The number of likely N-dealkylation sites (tertiary alicyclic amines) is 1. The lowest BCUT2D eigenvalue weighted by atomic mass is 10.1. The molecule has 2 rings (SSSR count). The quantitative estimate of drug-likeness (QED) is 0.778. The second-order valence-corrected chi connectivity index (χ2v) is 4.62. The maximum Gasteiger partial charge on any atom is 0.129 e. The van der Waals surface area contributed by atoms with E-state index in [9.17, 15) is 5.11 Å². The molecule has 0 amide bonds. The summed E-state index contributed by atoms with van der Waals surface area (Å²) in [6.07, 6.45) is 1.60. The molecule has 1 aliphatic heterocycles. The minimum atomic E-state index is -0.190. The second kappa shape index (κ2) is 4.47.